The fourth-order valence-corrected chi connectivity index (χ4v) is 2.82. The van der Waals surface area contributed by atoms with Crippen LogP contribution in [0.2, 0.25) is 0 Å². The molecule has 0 bridgehead atoms. The van der Waals surface area contributed by atoms with Crippen molar-refractivity contribution in [1.29, 1.82) is 0 Å². The van der Waals surface area contributed by atoms with Gasteiger partial charge in [0.25, 0.3) is 5.91 Å². The maximum Gasteiger partial charge on any atom is 0.416 e. The maximum absolute atomic E-state index is 13.9. The van der Waals surface area contributed by atoms with Crippen molar-refractivity contribution in [3.63, 3.8) is 0 Å². The first kappa shape index (κ1) is 20.9. The Kier molecular flexibility index (Phi) is 5.69. The summed E-state index contributed by atoms with van der Waals surface area (Å²) in [5, 5.41) is 2.03. The first-order valence-corrected chi connectivity index (χ1v) is 8.28. The van der Waals surface area contributed by atoms with Crippen LogP contribution in [0.25, 0.3) is 0 Å². The van der Waals surface area contributed by atoms with Gasteiger partial charge < -0.3 is 15.0 Å². The number of anilines is 2. The zero-order valence-electron chi connectivity index (χ0n) is 14.5. The van der Waals surface area contributed by atoms with E-state index in [1.54, 1.807) is 4.90 Å². The van der Waals surface area contributed by atoms with Crippen molar-refractivity contribution in [2.75, 3.05) is 36.5 Å². The molecule has 0 radical (unpaired) electrons. The highest BCUT2D eigenvalue weighted by Crippen LogP contribution is 2.36. The van der Waals surface area contributed by atoms with Gasteiger partial charge in [-0.1, -0.05) is 0 Å². The molecule has 0 aromatic heterocycles. The molecule has 3 rings (SSSR count). The molecule has 0 aliphatic carbocycles. The zero-order chi connectivity index (χ0) is 21.3. The number of amides is 1. The zero-order valence-corrected chi connectivity index (χ0v) is 14.5. The molecule has 0 spiro atoms. The number of benzene rings is 2. The van der Waals surface area contributed by atoms with Gasteiger partial charge in [-0.2, -0.15) is 13.2 Å². The van der Waals surface area contributed by atoms with E-state index in [-0.39, 0.29) is 30.7 Å². The SMILES string of the molecule is O=C(Nc1cc(C(F)(F)F)ccc1N1CCOCC1)c1cc(F)c(F)c(F)c1F. The number of carbonyl (C=O) groups excluding carboxylic acids is 1. The lowest BCUT2D eigenvalue weighted by atomic mass is 10.1. The third-order valence-electron chi connectivity index (χ3n) is 4.27. The lowest BCUT2D eigenvalue weighted by molar-refractivity contribution is -0.137. The van der Waals surface area contributed by atoms with Gasteiger partial charge in [0, 0.05) is 13.1 Å². The van der Waals surface area contributed by atoms with Crippen LogP contribution in [0, 0.1) is 23.3 Å². The number of morpholine rings is 1. The number of carbonyl (C=O) groups is 1. The molecule has 1 amide bonds. The summed E-state index contributed by atoms with van der Waals surface area (Å²) in [6.45, 7) is 1.19. The van der Waals surface area contributed by atoms with Crippen LogP contribution in [0.15, 0.2) is 24.3 Å². The van der Waals surface area contributed by atoms with Crippen LogP contribution in [0.5, 0.6) is 0 Å². The molecule has 2 aromatic rings. The molecule has 1 saturated heterocycles. The van der Waals surface area contributed by atoms with Crippen LogP contribution in [-0.2, 0) is 10.9 Å². The minimum Gasteiger partial charge on any atom is -0.378 e. The molecule has 2 aromatic carbocycles. The van der Waals surface area contributed by atoms with Gasteiger partial charge in [0.1, 0.15) is 0 Å². The van der Waals surface area contributed by atoms with Gasteiger partial charge in [-0.05, 0) is 24.3 Å². The van der Waals surface area contributed by atoms with Crippen molar-refractivity contribution in [3.8, 4) is 0 Å². The molecule has 11 heteroatoms. The molecule has 0 saturated carbocycles. The number of nitrogens with one attached hydrogen (secondary N) is 1. The summed E-state index contributed by atoms with van der Waals surface area (Å²) in [5.41, 5.74) is -2.46. The second-order valence-corrected chi connectivity index (χ2v) is 6.13. The quantitative estimate of drug-likeness (QED) is 0.454. The van der Waals surface area contributed by atoms with E-state index in [1.165, 1.54) is 0 Å². The molecule has 1 aliphatic heterocycles. The smallest absolute Gasteiger partial charge is 0.378 e. The predicted molar refractivity (Wildman–Crippen MR) is 88.7 cm³/mol. The fraction of sp³-hybridized carbons (Fsp3) is 0.278. The fourth-order valence-electron chi connectivity index (χ4n) is 2.82. The Hall–Kier alpha value is -2.82. The van der Waals surface area contributed by atoms with Crippen molar-refractivity contribution in [2.45, 2.75) is 6.18 Å². The van der Waals surface area contributed by atoms with Gasteiger partial charge in [-0.3, -0.25) is 4.79 Å². The lowest BCUT2D eigenvalue weighted by Gasteiger charge is -2.31. The number of hydrogen-bond acceptors (Lipinski definition) is 3. The second kappa shape index (κ2) is 7.90. The van der Waals surface area contributed by atoms with E-state index >= 15 is 0 Å². The Labute approximate surface area is 159 Å². The first-order chi connectivity index (χ1) is 13.6. The van der Waals surface area contributed by atoms with E-state index < -0.39 is 46.5 Å². The number of halogens is 7. The average molecular weight is 422 g/mol. The Morgan fingerprint density at radius 3 is 2.24 bits per heavy atom. The van der Waals surface area contributed by atoms with Crippen molar-refractivity contribution < 1.29 is 40.3 Å². The molecule has 0 unspecified atom stereocenters. The summed E-state index contributed by atoms with van der Waals surface area (Å²) in [5.74, 6) is -9.51. The normalized spacial score (nSPS) is 14.8. The summed E-state index contributed by atoms with van der Waals surface area (Å²) in [6, 6.07) is 2.67. The average Bonchev–Trinajstić information content (AvgIpc) is 2.69. The maximum atomic E-state index is 13.9. The highest BCUT2D eigenvalue weighted by Gasteiger charge is 2.32. The summed E-state index contributed by atoms with van der Waals surface area (Å²) in [4.78, 5) is 13.9. The third-order valence-corrected chi connectivity index (χ3v) is 4.27. The van der Waals surface area contributed by atoms with Crippen molar-refractivity contribution >= 4 is 17.3 Å². The molecule has 0 atom stereocenters. The summed E-state index contributed by atoms with van der Waals surface area (Å²) < 4.78 is 98.1. The monoisotopic (exact) mass is 422 g/mol. The number of ether oxygens (including phenoxy) is 1. The third kappa shape index (κ3) is 4.29. The molecular formula is C18H13F7N2O2. The largest absolute Gasteiger partial charge is 0.416 e. The van der Waals surface area contributed by atoms with Gasteiger partial charge in [-0.25, -0.2) is 17.6 Å². The molecule has 1 fully saturated rings. The number of rotatable bonds is 3. The standard InChI is InChI=1S/C18H13F7N2O2/c19-11-8-10(14(20)16(22)15(11)21)17(28)26-12-7-9(18(23,24)25)1-2-13(12)27-3-5-29-6-4-27/h1-2,7-8H,3-6H2,(H,26,28). The number of alkyl halides is 3. The molecular weight excluding hydrogens is 409 g/mol. The summed E-state index contributed by atoms with van der Waals surface area (Å²) in [7, 11) is 0. The van der Waals surface area contributed by atoms with Crippen molar-refractivity contribution in [2.24, 2.45) is 0 Å². The van der Waals surface area contributed by atoms with Crippen LogP contribution in [0.1, 0.15) is 15.9 Å². The topological polar surface area (TPSA) is 41.6 Å². The minimum absolute atomic E-state index is 0.130. The van der Waals surface area contributed by atoms with E-state index in [0.29, 0.717) is 19.2 Å². The molecule has 1 N–H and O–H groups in total. The van der Waals surface area contributed by atoms with Crippen molar-refractivity contribution in [1.82, 2.24) is 0 Å². The molecule has 1 heterocycles. The summed E-state index contributed by atoms with van der Waals surface area (Å²) in [6.07, 6.45) is -4.73. The van der Waals surface area contributed by atoms with Gasteiger partial charge in [-0.15, -0.1) is 0 Å². The van der Waals surface area contributed by atoms with Gasteiger partial charge in [0.2, 0.25) is 0 Å². The van der Waals surface area contributed by atoms with Crippen LogP contribution >= 0.6 is 0 Å². The molecule has 1 aliphatic rings. The van der Waals surface area contributed by atoms with Crippen LogP contribution < -0.4 is 10.2 Å². The second-order valence-electron chi connectivity index (χ2n) is 6.13. The number of hydrogen-bond donors (Lipinski definition) is 1. The van der Waals surface area contributed by atoms with Crippen LogP contribution in [0.3, 0.4) is 0 Å². The Bertz CT molecular complexity index is 941. The molecule has 4 nitrogen and oxygen atoms in total. The predicted octanol–water partition coefficient (Wildman–Crippen LogP) is 4.35. The molecule has 156 valence electrons. The Balaban J connectivity index is 2.01. The van der Waals surface area contributed by atoms with E-state index in [0.717, 1.165) is 12.1 Å². The molecule has 29 heavy (non-hydrogen) atoms. The van der Waals surface area contributed by atoms with Crippen LogP contribution in [0.4, 0.5) is 42.1 Å². The minimum atomic E-state index is -4.73. The van der Waals surface area contributed by atoms with Crippen molar-refractivity contribution in [3.05, 3.63) is 58.7 Å². The van der Waals surface area contributed by atoms with Gasteiger partial charge >= 0.3 is 6.18 Å². The van der Waals surface area contributed by atoms with Gasteiger partial charge in [0.15, 0.2) is 23.3 Å². The van der Waals surface area contributed by atoms with Crippen LogP contribution in [-0.4, -0.2) is 32.2 Å². The number of nitrogens with zero attached hydrogens (tertiary/aromatic N) is 1. The van der Waals surface area contributed by atoms with E-state index in [2.05, 4.69) is 0 Å². The Morgan fingerprint density at radius 2 is 1.62 bits per heavy atom. The lowest BCUT2D eigenvalue weighted by Crippen LogP contribution is -2.37. The highest BCUT2D eigenvalue weighted by molar-refractivity contribution is 6.06. The first-order valence-electron chi connectivity index (χ1n) is 8.28. The highest BCUT2D eigenvalue weighted by atomic mass is 19.4. The van der Waals surface area contributed by atoms with Gasteiger partial charge in [0.05, 0.1) is 35.7 Å². The van der Waals surface area contributed by atoms with E-state index in [1.807, 2.05) is 5.32 Å². The van der Waals surface area contributed by atoms with E-state index in [4.69, 9.17) is 4.74 Å². The van der Waals surface area contributed by atoms with E-state index in [9.17, 15) is 35.5 Å². The summed E-state index contributed by atoms with van der Waals surface area (Å²) >= 11 is 0. The Morgan fingerprint density at radius 1 is 0.966 bits per heavy atom.